The van der Waals surface area contributed by atoms with Crippen LogP contribution in [-0.2, 0) is 11.3 Å². The summed E-state index contributed by atoms with van der Waals surface area (Å²) in [6, 6.07) is 5.21. The monoisotopic (exact) mass is 294 g/mol. The molecule has 1 heterocycles. The Balaban J connectivity index is 2.02. The van der Waals surface area contributed by atoms with E-state index < -0.39 is 11.8 Å². The molecule has 0 saturated carbocycles. The number of nitrogens with zero attached hydrogens (tertiary/aromatic N) is 2. The molecular weight excluding hydrogens is 271 g/mol. The van der Waals surface area contributed by atoms with Gasteiger partial charge in [-0.3, -0.25) is 4.90 Å². The Morgan fingerprint density at radius 2 is 2.29 bits per heavy atom. The second kappa shape index (κ2) is 7.00. The number of esters is 1. The van der Waals surface area contributed by atoms with Gasteiger partial charge in [0.25, 0.3) is 0 Å². The summed E-state index contributed by atoms with van der Waals surface area (Å²) >= 11 is 0. The van der Waals surface area contributed by atoms with E-state index in [1.165, 1.54) is 32.1 Å². The lowest BCUT2D eigenvalue weighted by atomic mass is 10.0. The Bertz CT molecular complexity index is 507. The molecule has 1 aliphatic heterocycles. The zero-order chi connectivity index (χ0) is 15.4. The van der Waals surface area contributed by atoms with Crippen LogP contribution in [0.3, 0.4) is 0 Å². The number of likely N-dealkylation sites (tertiary alicyclic amines) is 1. The molecule has 1 aliphatic rings. The summed E-state index contributed by atoms with van der Waals surface area (Å²) in [7, 11) is 5.45. The van der Waals surface area contributed by atoms with Crippen LogP contribution in [0.4, 0.5) is 4.39 Å². The molecule has 4 nitrogen and oxygen atoms in total. The molecular formula is C16H23FN2O2. The van der Waals surface area contributed by atoms with E-state index in [9.17, 15) is 9.18 Å². The zero-order valence-corrected chi connectivity index (χ0v) is 12.9. The van der Waals surface area contributed by atoms with Crippen molar-refractivity contribution < 1.29 is 13.9 Å². The molecule has 1 aromatic carbocycles. The molecule has 1 atom stereocenters. The average molecular weight is 294 g/mol. The lowest BCUT2D eigenvalue weighted by Crippen LogP contribution is -2.44. The van der Waals surface area contributed by atoms with Crippen LogP contribution >= 0.6 is 0 Å². The predicted molar refractivity (Wildman–Crippen MR) is 79.7 cm³/mol. The molecule has 0 radical (unpaired) electrons. The molecule has 1 aromatic rings. The van der Waals surface area contributed by atoms with Crippen molar-refractivity contribution in [2.24, 2.45) is 0 Å². The minimum atomic E-state index is -0.638. The van der Waals surface area contributed by atoms with Gasteiger partial charge in [0.05, 0.1) is 12.7 Å². The molecule has 5 heteroatoms. The van der Waals surface area contributed by atoms with E-state index >= 15 is 0 Å². The maximum absolute atomic E-state index is 13.9. The minimum Gasteiger partial charge on any atom is -0.465 e. The van der Waals surface area contributed by atoms with E-state index in [-0.39, 0.29) is 5.56 Å². The van der Waals surface area contributed by atoms with Crippen molar-refractivity contribution in [2.75, 3.05) is 34.3 Å². The average Bonchev–Trinajstić information content (AvgIpc) is 2.46. The zero-order valence-electron chi connectivity index (χ0n) is 12.9. The summed E-state index contributed by atoms with van der Waals surface area (Å²) in [5, 5.41) is 0. The first-order valence-electron chi connectivity index (χ1n) is 7.26. The lowest BCUT2D eigenvalue weighted by molar-refractivity contribution is 0.0595. The van der Waals surface area contributed by atoms with E-state index in [1.54, 1.807) is 6.07 Å². The SMILES string of the molecule is COC(=O)c1ccc(CN(C)C2CCCN(C)C2)cc1F. The van der Waals surface area contributed by atoms with E-state index in [0.717, 1.165) is 18.7 Å². The standard InChI is InChI=1S/C16H23FN2O2/c1-18-8-4-5-13(11-18)19(2)10-12-6-7-14(15(17)9-12)16(20)21-3/h6-7,9,13H,4-5,8,10-11H2,1-3H3. The van der Waals surface area contributed by atoms with Gasteiger partial charge in [0.15, 0.2) is 0 Å². The first-order valence-corrected chi connectivity index (χ1v) is 7.26. The molecule has 0 aromatic heterocycles. The van der Waals surface area contributed by atoms with E-state index in [0.29, 0.717) is 12.6 Å². The third kappa shape index (κ3) is 4.02. The van der Waals surface area contributed by atoms with Gasteiger partial charge in [-0.2, -0.15) is 0 Å². The molecule has 1 unspecified atom stereocenters. The molecule has 0 aliphatic carbocycles. The molecule has 1 fully saturated rings. The van der Waals surface area contributed by atoms with Crippen LogP contribution in [0.2, 0.25) is 0 Å². The molecule has 2 rings (SSSR count). The largest absolute Gasteiger partial charge is 0.465 e. The first kappa shape index (κ1) is 15.9. The first-order chi connectivity index (χ1) is 10.0. The molecule has 0 bridgehead atoms. The lowest BCUT2D eigenvalue weighted by Gasteiger charge is -2.35. The number of piperidine rings is 1. The second-order valence-electron chi connectivity index (χ2n) is 5.78. The van der Waals surface area contributed by atoms with Gasteiger partial charge in [-0.15, -0.1) is 0 Å². The third-order valence-electron chi connectivity index (χ3n) is 4.09. The van der Waals surface area contributed by atoms with Crippen molar-refractivity contribution >= 4 is 5.97 Å². The van der Waals surface area contributed by atoms with Gasteiger partial charge < -0.3 is 9.64 Å². The van der Waals surface area contributed by atoms with E-state index in [1.807, 2.05) is 0 Å². The van der Waals surface area contributed by atoms with Crippen LogP contribution in [0.15, 0.2) is 18.2 Å². The number of carbonyl (C=O) groups is 1. The Kier molecular flexibility index (Phi) is 5.31. The normalized spacial score (nSPS) is 19.8. The van der Waals surface area contributed by atoms with Gasteiger partial charge in [-0.1, -0.05) is 6.07 Å². The van der Waals surface area contributed by atoms with Crippen molar-refractivity contribution in [1.29, 1.82) is 0 Å². The van der Waals surface area contributed by atoms with Crippen molar-refractivity contribution in [1.82, 2.24) is 9.80 Å². The highest BCUT2D eigenvalue weighted by atomic mass is 19.1. The number of ether oxygens (including phenoxy) is 1. The highest BCUT2D eigenvalue weighted by Gasteiger charge is 2.21. The quantitative estimate of drug-likeness (QED) is 0.797. The Hall–Kier alpha value is -1.46. The fraction of sp³-hybridized carbons (Fsp3) is 0.562. The van der Waals surface area contributed by atoms with E-state index in [2.05, 4.69) is 28.6 Å². The second-order valence-corrected chi connectivity index (χ2v) is 5.78. The van der Waals surface area contributed by atoms with Gasteiger partial charge in [-0.25, -0.2) is 9.18 Å². The van der Waals surface area contributed by atoms with Crippen LogP contribution in [-0.4, -0.2) is 56.1 Å². The number of rotatable bonds is 4. The Morgan fingerprint density at radius 3 is 2.90 bits per heavy atom. The fourth-order valence-electron chi connectivity index (χ4n) is 2.85. The van der Waals surface area contributed by atoms with Gasteiger partial charge in [0.2, 0.25) is 0 Å². The highest BCUT2D eigenvalue weighted by molar-refractivity contribution is 5.89. The van der Waals surface area contributed by atoms with Crippen molar-refractivity contribution in [3.8, 4) is 0 Å². The minimum absolute atomic E-state index is 0.0127. The van der Waals surface area contributed by atoms with Crippen LogP contribution in [0.5, 0.6) is 0 Å². The molecule has 0 N–H and O–H groups in total. The maximum Gasteiger partial charge on any atom is 0.340 e. The summed E-state index contributed by atoms with van der Waals surface area (Å²) in [5.74, 6) is -1.16. The van der Waals surface area contributed by atoms with Crippen molar-refractivity contribution in [3.05, 3.63) is 35.1 Å². The number of carbonyl (C=O) groups excluding carboxylic acids is 1. The van der Waals surface area contributed by atoms with Gasteiger partial charge in [0, 0.05) is 19.1 Å². The molecule has 116 valence electrons. The Labute approximate surface area is 125 Å². The molecule has 1 saturated heterocycles. The number of hydrogen-bond donors (Lipinski definition) is 0. The number of hydrogen-bond acceptors (Lipinski definition) is 4. The predicted octanol–water partition coefficient (Wildman–Crippen LogP) is 2.14. The smallest absolute Gasteiger partial charge is 0.340 e. The van der Waals surface area contributed by atoms with Crippen LogP contribution in [0.25, 0.3) is 0 Å². The van der Waals surface area contributed by atoms with E-state index in [4.69, 9.17) is 0 Å². The summed E-state index contributed by atoms with van der Waals surface area (Å²) in [5.41, 5.74) is 0.859. The number of methoxy groups -OCH3 is 1. The van der Waals surface area contributed by atoms with Crippen LogP contribution in [0.1, 0.15) is 28.8 Å². The van der Waals surface area contributed by atoms with Gasteiger partial charge >= 0.3 is 5.97 Å². The van der Waals surface area contributed by atoms with Gasteiger partial charge in [-0.05, 0) is 51.2 Å². The van der Waals surface area contributed by atoms with Crippen molar-refractivity contribution in [3.63, 3.8) is 0 Å². The maximum atomic E-state index is 13.9. The van der Waals surface area contributed by atoms with Crippen LogP contribution < -0.4 is 0 Å². The number of likely N-dealkylation sites (N-methyl/N-ethyl adjacent to an activating group) is 2. The van der Waals surface area contributed by atoms with Gasteiger partial charge in [0.1, 0.15) is 5.82 Å². The third-order valence-corrected chi connectivity index (χ3v) is 4.09. The summed E-state index contributed by atoms with van der Waals surface area (Å²) in [4.78, 5) is 16.0. The highest BCUT2D eigenvalue weighted by Crippen LogP contribution is 2.18. The Morgan fingerprint density at radius 1 is 1.52 bits per heavy atom. The molecule has 0 spiro atoms. The fourth-order valence-corrected chi connectivity index (χ4v) is 2.85. The molecule has 0 amide bonds. The summed E-state index contributed by atoms with van der Waals surface area (Å²) in [6.45, 7) is 2.86. The summed E-state index contributed by atoms with van der Waals surface area (Å²) in [6.07, 6.45) is 2.37. The number of benzene rings is 1. The topological polar surface area (TPSA) is 32.8 Å². The number of halogens is 1. The summed E-state index contributed by atoms with van der Waals surface area (Å²) < 4.78 is 18.5. The van der Waals surface area contributed by atoms with Crippen LogP contribution in [0, 0.1) is 5.82 Å². The van der Waals surface area contributed by atoms with Crippen molar-refractivity contribution in [2.45, 2.75) is 25.4 Å². The molecule has 21 heavy (non-hydrogen) atoms.